The van der Waals surface area contributed by atoms with Crippen molar-refractivity contribution in [3.8, 4) is 22.4 Å². The van der Waals surface area contributed by atoms with Crippen LogP contribution in [-0.2, 0) is 0 Å². The van der Waals surface area contributed by atoms with E-state index < -0.39 is 12.7 Å². The van der Waals surface area contributed by atoms with E-state index in [-0.39, 0.29) is 5.56 Å². The summed E-state index contributed by atoms with van der Waals surface area (Å²) in [5.74, 6) is -0.729. The van der Waals surface area contributed by atoms with Gasteiger partial charge in [0.15, 0.2) is 0 Å². The van der Waals surface area contributed by atoms with Crippen molar-refractivity contribution in [2.45, 2.75) is 26.6 Å². The number of para-hydroxylation sites is 1. The Kier molecular flexibility index (Phi) is 3.26. The number of aryl methyl sites for hydroxylation is 1. The molecule has 3 aromatic carbocycles. The van der Waals surface area contributed by atoms with Crippen molar-refractivity contribution in [2.75, 3.05) is 0 Å². The van der Waals surface area contributed by atoms with Crippen molar-refractivity contribution in [3.05, 3.63) is 90.1 Å². The predicted molar refractivity (Wildman–Crippen MR) is 121 cm³/mol. The lowest BCUT2D eigenvalue weighted by Gasteiger charge is -2.09. The molecule has 142 valence electrons. The van der Waals surface area contributed by atoms with Crippen molar-refractivity contribution in [3.63, 3.8) is 0 Å². The first-order chi connectivity index (χ1) is 15.6. The zero-order valence-electron chi connectivity index (χ0n) is 20.4. The number of rotatable bonds is 3. The number of nitrogens with zero attached hydrogens (tertiary/aromatic N) is 1. The molecule has 0 aliphatic rings. The number of aromatic nitrogens is 1. The summed E-state index contributed by atoms with van der Waals surface area (Å²) in [6.07, 6.45) is 1.45. The van der Waals surface area contributed by atoms with Crippen molar-refractivity contribution in [1.82, 2.24) is 4.98 Å². The van der Waals surface area contributed by atoms with Gasteiger partial charge in [-0.25, -0.2) is 0 Å². The average molecular weight is 382 g/mol. The van der Waals surface area contributed by atoms with Gasteiger partial charge in [-0.1, -0.05) is 68.4 Å². The molecule has 0 radical (unpaired) electrons. The Balaban J connectivity index is 1.74. The summed E-state index contributed by atoms with van der Waals surface area (Å²) in [5.41, 5.74) is 5.41. The van der Waals surface area contributed by atoms with Gasteiger partial charge in [0.25, 0.3) is 0 Å². The molecule has 0 amide bonds. The summed E-state index contributed by atoms with van der Waals surface area (Å²) < 4.78 is 38.5. The topological polar surface area (TPSA) is 26.0 Å². The van der Waals surface area contributed by atoms with Crippen LogP contribution in [0.1, 0.15) is 36.4 Å². The van der Waals surface area contributed by atoms with Crippen molar-refractivity contribution in [1.29, 1.82) is 0 Å². The fourth-order valence-corrected chi connectivity index (χ4v) is 3.77. The average Bonchev–Trinajstić information content (AvgIpc) is 3.16. The molecule has 0 unspecified atom stereocenters. The molecule has 29 heavy (non-hydrogen) atoms. The van der Waals surface area contributed by atoms with E-state index >= 15 is 0 Å². The molecular formula is C27H23NO. The van der Waals surface area contributed by atoms with Gasteiger partial charge in [0.05, 0.1) is 5.69 Å². The van der Waals surface area contributed by atoms with Crippen LogP contribution in [0.2, 0.25) is 0 Å². The van der Waals surface area contributed by atoms with Crippen LogP contribution >= 0.6 is 0 Å². The smallest absolute Gasteiger partial charge is 0.144 e. The second-order valence-electron chi connectivity index (χ2n) is 7.48. The van der Waals surface area contributed by atoms with Gasteiger partial charge in [0, 0.05) is 28.0 Å². The Morgan fingerprint density at radius 2 is 1.76 bits per heavy atom. The van der Waals surface area contributed by atoms with Crippen LogP contribution in [0, 0.1) is 6.85 Å². The maximum Gasteiger partial charge on any atom is 0.144 e. The van der Waals surface area contributed by atoms with Crippen LogP contribution in [0.3, 0.4) is 0 Å². The molecule has 5 rings (SSSR count). The van der Waals surface area contributed by atoms with Gasteiger partial charge in [-0.3, -0.25) is 4.98 Å². The number of hydrogen-bond acceptors (Lipinski definition) is 2. The number of hydrogen-bond donors (Lipinski definition) is 0. The van der Waals surface area contributed by atoms with E-state index in [0.717, 1.165) is 33.0 Å². The van der Waals surface area contributed by atoms with E-state index in [1.54, 1.807) is 0 Å². The monoisotopic (exact) mass is 381 g/mol. The number of pyridine rings is 1. The SMILES string of the molecule is [2H]C([2H])([2H])c1cnc(-c2cccc3c2oc2cc(C([2H])(C)C)ccc23)cc1-c1ccccc1. The molecule has 2 heterocycles. The van der Waals surface area contributed by atoms with Gasteiger partial charge in [0.1, 0.15) is 11.2 Å². The molecule has 2 heteroatoms. The highest BCUT2D eigenvalue weighted by Crippen LogP contribution is 2.37. The molecular weight excluding hydrogens is 354 g/mol. The lowest BCUT2D eigenvalue weighted by Crippen LogP contribution is -1.90. The molecule has 2 aromatic heterocycles. The fourth-order valence-electron chi connectivity index (χ4n) is 3.77. The van der Waals surface area contributed by atoms with Gasteiger partial charge in [-0.2, -0.15) is 0 Å². The zero-order chi connectivity index (χ0) is 23.4. The highest BCUT2D eigenvalue weighted by Gasteiger charge is 2.15. The Morgan fingerprint density at radius 3 is 2.55 bits per heavy atom. The summed E-state index contributed by atoms with van der Waals surface area (Å²) >= 11 is 0. The third kappa shape index (κ3) is 3.01. The van der Waals surface area contributed by atoms with E-state index in [9.17, 15) is 0 Å². The highest BCUT2D eigenvalue weighted by atomic mass is 16.3. The second kappa shape index (κ2) is 6.89. The van der Waals surface area contributed by atoms with Crippen LogP contribution in [0.25, 0.3) is 44.3 Å². The standard InChI is InChI=1S/C27H23NO/c1-17(2)20-12-13-21-22-10-7-11-23(27(22)29-26(21)14-20)25-15-24(18(3)16-28-25)19-8-5-4-6-9-19/h4-17H,1-3H3/i3D3,17D. The summed E-state index contributed by atoms with van der Waals surface area (Å²) in [7, 11) is 0. The van der Waals surface area contributed by atoms with Gasteiger partial charge < -0.3 is 4.42 Å². The predicted octanol–water partition coefficient (Wildman–Crippen LogP) is 7.75. The minimum atomic E-state index is -2.28. The second-order valence-corrected chi connectivity index (χ2v) is 7.48. The van der Waals surface area contributed by atoms with E-state index in [1.807, 2.05) is 86.6 Å². The van der Waals surface area contributed by atoms with E-state index in [4.69, 9.17) is 9.90 Å². The Morgan fingerprint density at radius 1 is 0.897 bits per heavy atom. The first kappa shape index (κ1) is 13.7. The first-order valence-electron chi connectivity index (χ1n) is 11.6. The molecule has 5 aromatic rings. The lowest BCUT2D eigenvalue weighted by molar-refractivity contribution is 0.668. The molecule has 0 saturated carbocycles. The Hall–Kier alpha value is -3.39. The van der Waals surface area contributed by atoms with Crippen molar-refractivity contribution < 1.29 is 9.90 Å². The Bertz CT molecular complexity index is 1480. The molecule has 0 bridgehead atoms. The molecule has 0 saturated heterocycles. The molecule has 2 nitrogen and oxygen atoms in total. The minimum Gasteiger partial charge on any atom is -0.455 e. The highest BCUT2D eigenvalue weighted by molar-refractivity contribution is 6.09. The normalized spacial score (nSPS) is 14.4. The van der Waals surface area contributed by atoms with Gasteiger partial charge in [-0.15, -0.1) is 0 Å². The number of benzene rings is 3. The van der Waals surface area contributed by atoms with Gasteiger partial charge in [0.2, 0.25) is 0 Å². The summed E-state index contributed by atoms with van der Waals surface area (Å²) in [5, 5.41) is 1.93. The molecule has 0 N–H and O–H groups in total. The summed E-state index contributed by atoms with van der Waals surface area (Å²) in [4.78, 5) is 4.53. The van der Waals surface area contributed by atoms with Crippen molar-refractivity contribution in [2.24, 2.45) is 0 Å². The largest absolute Gasteiger partial charge is 0.455 e. The van der Waals surface area contributed by atoms with Crippen LogP contribution in [-0.4, -0.2) is 4.98 Å². The van der Waals surface area contributed by atoms with Gasteiger partial charge in [-0.05, 0) is 53.2 Å². The van der Waals surface area contributed by atoms with Crippen LogP contribution in [0.15, 0.2) is 83.4 Å². The van der Waals surface area contributed by atoms with E-state index in [2.05, 4.69) is 4.98 Å². The third-order valence-electron chi connectivity index (χ3n) is 5.34. The lowest BCUT2D eigenvalue weighted by atomic mass is 9.98. The quantitative estimate of drug-likeness (QED) is 0.319. The number of furan rings is 1. The molecule has 0 atom stereocenters. The fraction of sp³-hybridized carbons (Fsp3) is 0.148. The summed E-state index contributed by atoms with van der Waals surface area (Å²) in [6.45, 7) is 1.43. The first-order valence-corrected chi connectivity index (χ1v) is 9.65. The molecule has 0 fully saturated rings. The van der Waals surface area contributed by atoms with Crippen LogP contribution < -0.4 is 0 Å². The molecule has 0 aliphatic heterocycles. The van der Waals surface area contributed by atoms with Crippen molar-refractivity contribution >= 4 is 21.9 Å². The van der Waals surface area contributed by atoms with E-state index in [1.165, 1.54) is 6.20 Å². The maximum atomic E-state index is 8.34. The molecule has 0 aliphatic carbocycles. The Labute approximate surface area is 176 Å². The zero-order valence-corrected chi connectivity index (χ0v) is 16.4. The minimum absolute atomic E-state index is 0.219. The van der Waals surface area contributed by atoms with Gasteiger partial charge >= 0.3 is 0 Å². The maximum absolute atomic E-state index is 8.34. The van der Waals surface area contributed by atoms with Crippen LogP contribution in [0.5, 0.6) is 0 Å². The third-order valence-corrected chi connectivity index (χ3v) is 5.34. The van der Waals surface area contributed by atoms with E-state index in [0.29, 0.717) is 16.8 Å². The number of fused-ring (bicyclic) bond motifs is 3. The molecule has 0 spiro atoms. The summed E-state index contributed by atoms with van der Waals surface area (Å²) in [6, 6.07) is 23.1. The van der Waals surface area contributed by atoms with Crippen LogP contribution in [0.4, 0.5) is 0 Å².